The van der Waals surface area contributed by atoms with Crippen LogP contribution in [0.15, 0.2) is 45.3 Å². The molecule has 0 aliphatic heterocycles. The van der Waals surface area contributed by atoms with Gasteiger partial charge in [0.1, 0.15) is 5.82 Å². The Bertz CT molecular complexity index is 796. The van der Waals surface area contributed by atoms with Gasteiger partial charge in [0.05, 0.1) is 22.6 Å². The molecule has 1 heterocycles. The van der Waals surface area contributed by atoms with E-state index in [1.54, 1.807) is 0 Å². The summed E-state index contributed by atoms with van der Waals surface area (Å²) in [5.41, 5.74) is 4.29. The normalized spacial score (nSPS) is 11.2. The van der Waals surface area contributed by atoms with Gasteiger partial charge in [-0.15, -0.1) is 11.6 Å². The van der Waals surface area contributed by atoms with E-state index in [1.807, 2.05) is 18.2 Å². The maximum atomic E-state index is 6.07. The Morgan fingerprint density at radius 3 is 2.50 bits per heavy atom. The Morgan fingerprint density at radius 1 is 1.10 bits per heavy atom. The van der Waals surface area contributed by atoms with Crippen molar-refractivity contribution in [3.05, 3.63) is 56.7 Å². The van der Waals surface area contributed by atoms with Crippen LogP contribution in [0.4, 0.5) is 0 Å². The SMILES string of the molecule is Cc1cc(Br)ccc1-n1c(CCl)nc2cc(Br)ccc21. The molecule has 2 nitrogen and oxygen atoms in total. The van der Waals surface area contributed by atoms with Gasteiger partial charge in [-0.2, -0.15) is 0 Å². The molecule has 2 aromatic carbocycles. The summed E-state index contributed by atoms with van der Waals surface area (Å²) >= 11 is 13.0. The molecule has 0 spiro atoms. The van der Waals surface area contributed by atoms with Crippen molar-refractivity contribution in [3.63, 3.8) is 0 Å². The number of hydrogen-bond donors (Lipinski definition) is 0. The van der Waals surface area contributed by atoms with E-state index in [9.17, 15) is 0 Å². The molecular weight excluding hydrogens is 403 g/mol. The van der Waals surface area contributed by atoms with E-state index in [0.717, 1.165) is 31.5 Å². The molecule has 0 saturated carbocycles. The second kappa shape index (κ2) is 5.51. The summed E-state index contributed by atoms with van der Waals surface area (Å²) < 4.78 is 4.21. The lowest BCUT2D eigenvalue weighted by atomic mass is 10.2. The van der Waals surface area contributed by atoms with Crippen molar-refractivity contribution in [1.29, 1.82) is 0 Å². The number of rotatable bonds is 2. The van der Waals surface area contributed by atoms with Gasteiger partial charge in [-0.1, -0.05) is 31.9 Å². The van der Waals surface area contributed by atoms with Crippen LogP contribution in [0.3, 0.4) is 0 Å². The zero-order valence-corrected chi connectivity index (χ0v) is 14.6. The lowest BCUT2D eigenvalue weighted by molar-refractivity contribution is 0.972. The van der Waals surface area contributed by atoms with Crippen molar-refractivity contribution >= 4 is 54.5 Å². The molecule has 1 aromatic heterocycles. The highest BCUT2D eigenvalue weighted by atomic mass is 79.9. The van der Waals surface area contributed by atoms with E-state index < -0.39 is 0 Å². The average molecular weight is 415 g/mol. The van der Waals surface area contributed by atoms with Gasteiger partial charge < -0.3 is 0 Å². The van der Waals surface area contributed by atoms with Crippen LogP contribution in [-0.4, -0.2) is 9.55 Å². The van der Waals surface area contributed by atoms with Crippen molar-refractivity contribution in [2.45, 2.75) is 12.8 Å². The summed E-state index contributed by atoms with van der Waals surface area (Å²) in [7, 11) is 0. The first kappa shape index (κ1) is 14.1. The molecule has 0 N–H and O–H groups in total. The zero-order valence-electron chi connectivity index (χ0n) is 10.7. The molecule has 3 aromatic rings. The predicted molar refractivity (Wildman–Crippen MR) is 90.8 cm³/mol. The van der Waals surface area contributed by atoms with E-state index >= 15 is 0 Å². The molecule has 0 unspecified atom stereocenters. The standard InChI is InChI=1S/C15H11Br2ClN2/c1-9-6-10(16)2-4-13(9)20-14-5-3-11(17)7-12(14)19-15(20)8-18/h2-7H,8H2,1H3. The number of hydrogen-bond acceptors (Lipinski definition) is 1. The van der Waals surface area contributed by atoms with Crippen molar-refractivity contribution < 1.29 is 0 Å². The minimum absolute atomic E-state index is 0.377. The van der Waals surface area contributed by atoms with Crippen LogP contribution in [0.5, 0.6) is 0 Å². The van der Waals surface area contributed by atoms with E-state index in [4.69, 9.17) is 11.6 Å². The quantitative estimate of drug-likeness (QED) is 0.499. The summed E-state index contributed by atoms with van der Waals surface area (Å²) in [5, 5.41) is 0. The van der Waals surface area contributed by atoms with Crippen LogP contribution in [-0.2, 0) is 5.88 Å². The molecule has 0 saturated heterocycles. The molecule has 0 amide bonds. The molecular formula is C15H11Br2ClN2. The average Bonchev–Trinajstić information content (AvgIpc) is 2.76. The molecule has 0 aliphatic rings. The maximum Gasteiger partial charge on any atom is 0.129 e. The van der Waals surface area contributed by atoms with Gasteiger partial charge in [-0.05, 0) is 48.9 Å². The van der Waals surface area contributed by atoms with Gasteiger partial charge in [0, 0.05) is 8.95 Å². The third-order valence-corrected chi connectivity index (χ3v) is 4.43. The Balaban J connectivity index is 2.34. The second-order valence-corrected chi connectivity index (χ2v) is 6.66. The minimum Gasteiger partial charge on any atom is -0.295 e. The van der Waals surface area contributed by atoms with Crippen molar-refractivity contribution in [2.24, 2.45) is 0 Å². The maximum absolute atomic E-state index is 6.07. The van der Waals surface area contributed by atoms with E-state index in [0.29, 0.717) is 5.88 Å². The fourth-order valence-electron chi connectivity index (χ4n) is 2.33. The smallest absolute Gasteiger partial charge is 0.129 e. The Kier molecular flexibility index (Phi) is 3.89. The first-order chi connectivity index (χ1) is 9.60. The summed E-state index contributed by atoms with van der Waals surface area (Å²) in [6, 6.07) is 12.3. The lowest BCUT2D eigenvalue weighted by Gasteiger charge is -2.11. The number of halogens is 3. The number of aryl methyl sites for hydroxylation is 1. The largest absolute Gasteiger partial charge is 0.295 e. The van der Waals surface area contributed by atoms with Crippen molar-refractivity contribution in [3.8, 4) is 5.69 Å². The summed E-state index contributed by atoms with van der Waals surface area (Å²) in [6.07, 6.45) is 0. The number of imidazole rings is 1. The third kappa shape index (κ3) is 2.41. The van der Waals surface area contributed by atoms with Gasteiger partial charge in [-0.25, -0.2) is 4.98 Å². The molecule has 3 rings (SSSR count). The summed E-state index contributed by atoms with van der Waals surface area (Å²) in [4.78, 5) is 4.62. The highest BCUT2D eigenvalue weighted by Gasteiger charge is 2.13. The molecule has 20 heavy (non-hydrogen) atoms. The van der Waals surface area contributed by atoms with Crippen molar-refractivity contribution in [1.82, 2.24) is 9.55 Å². The van der Waals surface area contributed by atoms with Gasteiger partial charge in [0.25, 0.3) is 0 Å². The second-order valence-electron chi connectivity index (χ2n) is 4.56. The Hall–Kier alpha value is -0.840. The molecule has 0 radical (unpaired) electrons. The van der Waals surface area contributed by atoms with Crippen LogP contribution in [0.25, 0.3) is 16.7 Å². The molecule has 0 aliphatic carbocycles. The zero-order chi connectivity index (χ0) is 14.3. The number of benzene rings is 2. The molecule has 102 valence electrons. The summed E-state index contributed by atoms with van der Waals surface area (Å²) in [6.45, 7) is 2.09. The van der Waals surface area contributed by atoms with Gasteiger partial charge in [0.2, 0.25) is 0 Å². The Labute approximate surface area is 139 Å². The van der Waals surface area contributed by atoms with E-state index in [-0.39, 0.29) is 0 Å². The first-order valence-electron chi connectivity index (χ1n) is 6.09. The van der Waals surface area contributed by atoms with Crippen LogP contribution in [0.1, 0.15) is 11.4 Å². The highest BCUT2D eigenvalue weighted by molar-refractivity contribution is 9.10. The van der Waals surface area contributed by atoms with Crippen LogP contribution in [0, 0.1) is 6.92 Å². The van der Waals surface area contributed by atoms with Crippen LogP contribution in [0.2, 0.25) is 0 Å². The molecule has 5 heteroatoms. The topological polar surface area (TPSA) is 17.8 Å². The third-order valence-electron chi connectivity index (χ3n) is 3.21. The fraction of sp³-hybridized carbons (Fsp3) is 0.133. The number of fused-ring (bicyclic) bond motifs is 1. The van der Waals surface area contributed by atoms with Crippen molar-refractivity contribution in [2.75, 3.05) is 0 Å². The van der Waals surface area contributed by atoms with E-state index in [1.165, 1.54) is 5.56 Å². The minimum atomic E-state index is 0.377. The van der Waals surface area contributed by atoms with Gasteiger partial charge in [-0.3, -0.25) is 4.57 Å². The molecule has 0 atom stereocenters. The molecule has 0 bridgehead atoms. The summed E-state index contributed by atoms with van der Waals surface area (Å²) in [5.74, 6) is 1.23. The van der Waals surface area contributed by atoms with Gasteiger partial charge >= 0.3 is 0 Å². The Morgan fingerprint density at radius 2 is 1.80 bits per heavy atom. The van der Waals surface area contributed by atoms with Crippen LogP contribution >= 0.6 is 43.5 Å². The number of nitrogens with zero attached hydrogens (tertiary/aromatic N) is 2. The van der Waals surface area contributed by atoms with Gasteiger partial charge in [0.15, 0.2) is 0 Å². The predicted octanol–water partition coefficient (Wildman–Crippen LogP) is 5.60. The fourth-order valence-corrected chi connectivity index (χ4v) is 3.34. The van der Waals surface area contributed by atoms with Crippen LogP contribution < -0.4 is 0 Å². The lowest BCUT2D eigenvalue weighted by Crippen LogP contribution is -2.01. The molecule has 0 fully saturated rings. The van der Waals surface area contributed by atoms with E-state index in [2.05, 4.69) is 66.5 Å². The first-order valence-corrected chi connectivity index (χ1v) is 8.21. The monoisotopic (exact) mass is 412 g/mol. The highest BCUT2D eigenvalue weighted by Crippen LogP contribution is 2.28. The number of aromatic nitrogens is 2. The number of alkyl halides is 1.